The molecular weight excluding hydrogens is 529 g/mol. The second-order valence-electron chi connectivity index (χ2n) is 9.90. The number of aliphatic carboxylic acids is 1. The van der Waals surface area contributed by atoms with Crippen LogP contribution in [0.5, 0.6) is 5.75 Å². The highest BCUT2D eigenvalue weighted by Gasteiger charge is 2.34. The molecule has 0 saturated carbocycles. The van der Waals surface area contributed by atoms with Crippen LogP contribution in [-0.2, 0) is 11.0 Å². The Morgan fingerprint density at radius 2 is 2.05 bits per heavy atom. The van der Waals surface area contributed by atoms with Gasteiger partial charge in [-0.3, -0.25) is 9.78 Å². The fourth-order valence-electron chi connectivity index (χ4n) is 5.23. The Balaban J connectivity index is 1.28. The molecule has 0 bridgehead atoms. The second-order valence-corrected chi connectivity index (χ2v) is 11.1. The number of carboxylic acids is 1. The molecule has 39 heavy (non-hydrogen) atoms. The van der Waals surface area contributed by atoms with Crippen LogP contribution in [0.4, 0.5) is 13.2 Å². The van der Waals surface area contributed by atoms with Crippen LogP contribution < -0.4 is 4.74 Å². The number of carbonyl (C=O) groups is 1. The number of aliphatic hydroxyl groups excluding tert-OH is 1. The van der Waals surface area contributed by atoms with Crippen LogP contribution in [0.3, 0.4) is 0 Å². The number of hydrogen-bond acceptors (Lipinski definition) is 6. The van der Waals surface area contributed by atoms with Gasteiger partial charge in [0.2, 0.25) is 0 Å². The van der Waals surface area contributed by atoms with Crippen molar-refractivity contribution in [2.75, 3.05) is 32.5 Å². The molecule has 4 rings (SSSR count). The summed E-state index contributed by atoms with van der Waals surface area (Å²) < 4.78 is 44.1. The number of likely N-dealkylation sites (tertiary alicyclic amines) is 1. The second kappa shape index (κ2) is 13.0. The number of fused-ring (bicyclic) bond motifs is 1. The molecule has 3 atom stereocenters. The van der Waals surface area contributed by atoms with Gasteiger partial charge in [-0.05, 0) is 98.5 Å². The number of pyridine rings is 1. The van der Waals surface area contributed by atoms with E-state index in [1.54, 1.807) is 25.4 Å². The predicted molar refractivity (Wildman–Crippen MR) is 145 cm³/mol. The molecule has 6 nitrogen and oxygen atoms in total. The lowest BCUT2D eigenvalue weighted by Crippen LogP contribution is -2.44. The van der Waals surface area contributed by atoms with Crippen molar-refractivity contribution in [2.45, 2.75) is 42.9 Å². The lowest BCUT2D eigenvalue weighted by molar-refractivity contribution is -0.146. The van der Waals surface area contributed by atoms with E-state index in [4.69, 9.17) is 4.74 Å². The van der Waals surface area contributed by atoms with E-state index in [2.05, 4.69) is 9.88 Å². The number of piperidine rings is 1. The maximum absolute atomic E-state index is 12.9. The van der Waals surface area contributed by atoms with Gasteiger partial charge >= 0.3 is 12.1 Å². The molecule has 10 heteroatoms. The third kappa shape index (κ3) is 7.64. The number of rotatable bonds is 11. The quantitative estimate of drug-likeness (QED) is 0.210. The Labute approximate surface area is 230 Å². The molecule has 0 radical (unpaired) electrons. The van der Waals surface area contributed by atoms with Crippen molar-refractivity contribution in [2.24, 2.45) is 11.8 Å². The van der Waals surface area contributed by atoms with Crippen LogP contribution >= 0.6 is 11.8 Å². The molecule has 1 saturated heterocycles. The average molecular weight is 563 g/mol. The first-order chi connectivity index (χ1) is 18.7. The summed E-state index contributed by atoms with van der Waals surface area (Å²) in [5.74, 6) is -0.0884. The van der Waals surface area contributed by atoms with E-state index in [1.165, 1.54) is 17.8 Å². The van der Waals surface area contributed by atoms with Crippen molar-refractivity contribution >= 4 is 28.6 Å². The van der Waals surface area contributed by atoms with E-state index in [1.807, 2.05) is 18.2 Å². The molecule has 1 fully saturated rings. The normalized spacial score (nSPS) is 19.2. The molecule has 0 amide bonds. The third-order valence-electron chi connectivity index (χ3n) is 7.36. The molecule has 0 aliphatic carbocycles. The number of thioether (sulfide) groups is 1. The zero-order valence-electron chi connectivity index (χ0n) is 21.7. The van der Waals surface area contributed by atoms with Crippen molar-refractivity contribution in [3.8, 4) is 5.75 Å². The lowest BCUT2D eigenvalue weighted by atomic mass is 9.81. The van der Waals surface area contributed by atoms with Gasteiger partial charge in [0.15, 0.2) is 0 Å². The fraction of sp³-hybridized carbons (Fsp3) is 0.448. The first-order valence-electron chi connectivity index (χ1n) is 13.0. The van der Waals surface area contributed by atoms with E-state index < -0.39 is 29.7 Å². The van der Waals surface area contributed by atoms with Gasteiger partial charge in [0.25, 0.3) is 0 Å². The molecule has 2 aromatic carbocycles. The zero-order chi connectivity index (χ0) is 28.0. The summed E-state index contributed by atoms with van der Waals surface area (Å²) in [5.41, 5.74) is 0.859. The summed E-state index contributed by atoms with van der Waals surface area (Å²) in [6.45, 7) is 1.88. The minimum Gasteiger partial charge on any atom is -0.497 e. The molecule has 0 spiro atoms. The van der Waals surface area contributed by atoms with Gasteiger partial charge < -0.3 is 19.8 Å². The Hall–Kier alpha value is -2.82. The van der Waals surface area contributed by atoms with Gasteiger partial charge in [-0.2, -0.15) is 13.2 Å². The summed E-state index contributed by atoms with van der Waals surface area (Å²) in [7, 11) is 1.58. The van der Waals surface area contributed by atoms with Crippen LogP contribution in [0.25, 0.3) is 10.9 Å². The van der Waals surface area contributed by atoms with Gasteiger partial charge in [0.05, 0.1) is 30.2 Å². The monoisotopic (exact) mass is 562 g/mol. The van der Waals surface area contributed by atoms with E-state index in [-0.39, 0.29) is 5.92 Å². The Morgan fingerprint density at radius 1 is 1.23 bits per heavy atom. The molecule has 3 aromatic rings. The number of benzene rings is 2. The first-order valence-corrected chi connectivity index (χ1v) is 14.0. The van der Waals surface area contributed by atoms with Crippen molar-refractivity contribution in [3.05, 3.63) is 65.9 Å². The molecule has 1 aliphatic rings. The number of nitrogens with zero attached hydrogens (tertiary/aromatic N) is 2. The molecule has 2 N–H and O–H groups in total. The predicted octanol–water partition coefficient (Wildman–Crippen LogP) is 6.28. The van der Waals surface area contributed by atoms with Crippen LogP contribution in [0.1, 0.15) is 42.9 Å². The van der Waals surface area contributed by atoms with E-state index in [0.29, 0.717) is 42.3 Å². The highest BCUT2D eigenvalue weighted by atomic mass is 32.2. The minimum absolute atomic E-state index is 0.0458. The molecule has 0 unspecified atom stereocenters. The van der Waals surface area contributed by atoms with Gasteiger partial charge in [-0.25, -0.2) is 0 Å². The summed E-state index contributed by atoms with van der Waals surface area (Å²) in [6.07, 6.45) is -0.948. The van der Waals surface area contributed by atoms with E-state index >= 15 is 0 Å². The first kappa shape index (κ1) is 29.2. The molecule has 2 heterocycles. The number of alkyl halides is 3. The number of aromatic nitrogens is 1. The number of ether oxygens (including phenoxy) is 1. The fourth-order valence-corrected chi connectivity index (χ4v) is 6.12. The minimum atomic E-state index is -4.36. The maximum Gasteiger partial charge on any atom is 0.416 e. The standard InChI is InChI=1S/C29H33F3N2O4S/c1-38-21-7-8-26-24(17-21)23(10-12-33-26)27(35)9-6-19-11-14-34(18-25(19)28(36)37)13-3-15-39-22-5-2-4-20(16-22)29(30,31)32/h2,4-5,7-8,10,12,16-17,19,25,27,35H,3,6,9,11,13-15,18H2,1H3,(H,36,37)/t19-,25+,27+/m1/s1. The van der Waals surface area contributed by atoms with Crippen LogP contribution in [0.2, 0.25) is 0 Å². The summed E-state index contributed by atoms with van der Waals surface area (Å²) >= 11 is 1.38. The topological polar surface area (TPSA) is 82.9 Å². The number of carboxylic acid groups (broad SMARTS) is 1. The van der Waals surface area contributed by atoms with E-state index in [9.17, 15) is 28.2 Å². The van der Waals surface area contributed by atoms with Crippen molar-refractivity contribution < 1.29 is 32.9 Å². The Kier molecular flexibility index (Phi) is 9.74. The largest absolute Gasteiger partial charge is 0.497 e. The molecular formula is C29H33F3N2O4S. The molecule has 1 aromatic heterocycles. The highest BCUT2D eigenvalue weighted by Crippen LogP contribution is 2.35. The Morgan fingerprint density at radius 3 is 2.79 bits per heavy atom. The molecule has 210 valence electrons. The molecule has 1 aliphatic heterocycles. The number of aliphatic hydroxyl groups is 1. The lowest BCUT2D eigenvalue weighted by Gasteiger charge is -2.37. The van der Waals surface area contributed by atoms with Gasteiger partial charge in [-0.1, -0.05) is 6.07 Å². The van der Waals surface area contributed by atoms with Gasteiger partial charge in [0, 0.05) is 23.0 Å². The summed E-state index contributed by atoms with van der Waals surface area (Å²) in [4.78, 5) is 19.1. The smallest absolute Gasteiger partial charge is 0.416 e. The summed E-state index contributed by atoms with van der Waals surface area (Å²) in [5, 5.41) is 21.7. The van der Waals surface area contributed by atoms with Crippen LogP contribution in [0.15, 0.2) is 59.6 Å². The van der Waals surface area contributed by atoms with Gasteiger partial charge in [0.1, 0.15) is 5.75 Å². The maximum atomic E-state index is 12.9. The highest BCUT2D eigenvalue weighted by molar-refractivity contribution is 7.99. The average Bonchev–Trinajstić information content (AvgIpc) is 2.93. The SMILES string of the molecule is COc1ccc2nccc([C@@H](O)CC[C@@H]3CCN(CCCSc4cccc(C(F)(F)F)c4)C[C@@H]3C(=O)O)c2c1. The van der Waals surface area contributed by atoms with E-state index in [0.717, 1.165) is 48.0 Å². The third-order valence-corrected chi connectivity index (χ3v) is 8.44. The van der Waals surface area contributed by atoms with Crippen LogP contribution in [0, 0.1) is 11.8 Å². The Bertz CT molecular complexity index is 1270. The number of hydrogen-bond donors (Lipinski definition) is 2. The zero-order valence-corrected chi connectivity index (χ0v) is 22.5. The van der Waals surface area contributed by atoms with Crippen molar-refractivity contribution in [1.29, 1.82) is 0 Å². The summed E-state index contributed by atoms with van der Waals surface area (Å²) in [6, 6.07) is 12.6. The van der Waals surface area contributed by atoms with Gasteiger partial charge in [-0.15, -0.1) is 11.8 Å². The number of halogens is 3. The van der Waals surface area contributed by atoms with Crippen LogP contribution in [-0.4, -0.2) is 58.6 Å². The van der Waals surface area contributed by atoms with Crippen molar-refractivity contribution in [3.63, 3.8) is 0 Å². The van der Waals surface area contributed by atoms with Crippen molar-refractivity contribution in [1.82, 2.24) is 9.88 Å². The number of methoxy groups -OCH3 is 1.